The molecule has 3 fully saturated rings. The first-order valence-corrected chi connectivity index (χ1v) is 12.3. The standard InChI is InChI=1S/C20H20F5N5O2S/c1-33(26,32)13-8-11(4-7-27-13)28-17(31)16-14(20(23,24)25)15(10-2-3-10)29-30(16)9-12-18(5-6-18)19(12,21)22/h4,7-8,10,12,26H,2-3,5-6,9H2,1H3,(H,27,28,31)/t12-,33+/m0/s1. The lowest BCUT2D eigenvalue weighted by Gasteiger charge is -2.13. The van der Waals surface area contributed by atoms with Crippen molar-refractivity contribution in [1.82, 2.24) is 14.8 Å². The largest absolute Gasteiger partial charge is 0.420 e. The molecule has 5 rings (SSSR count). The molecule has 2 aromatic rings. The minimum atomic E-state index is -4.91. The van der Waals surface area contributed by atoms with Crippen LogP contribution in [0.1, 0.15) is 53.3 Å². The van der Waals surface area contributed by atoms with E-state index in [0.717, 1.165) is 17.0 Å². The van der Waals surface area contributed by atoms with Crippen molar-refractivity contribution in [1.29, 1.82) is 4.78 Å². The van der Waals surface area contributed by atoms with Gasteiger partial charge in [-0.1, -0.05) is 0 Å². The maximum Gasteiger partial charge on any atom is 0.420 e. The number of carbonyl (C=O) groups is 1. The Hall–Kier alpha value is -2.57. The first-order valence-electron chi connectivity index (χ1n) is 10.3. The molecule has 0 radical (unpaired) electrons. The molecule has 2 heterocycles. The summed E-state index contributed by atoms with van der Waals surface area (Å²) < 4.78 is 91.0. The molecule has 3 aliphatic rings. The molecule has 3 saturated carbocycles. The third-order valence-electron chi connectivity index (χ3n) is 6.66. The second-order valence-corrected chi connectivity index (χ2v) is 11.2. The number of hydrogen-bond acceptors (Lipinski definition) is 5. The molecule has 7 nitrogen and oxygen atoms in total. The van der Waals surface area contributed by atoms with Crippen molar-refractivity contribution in [2.45, 2.75) is 55.3 Å². The second kappa shape index (κ2) is 6.73. The first-order chi connectivity index (χ1) is 15.3. The number of amides is 1. The quantitative estimate of drug-likeness (QED) is 0.583. The predicted octanol–water partition coefficient (Wildman–Crippen LogP) is 4.51. The van der Waals surface area contributed by atoms with Crippen molar-refractivity contribution in [2.75, 3.05) is 11.6 Å². The van der Waals surface area contributed by atoms with Crippen LogP contribution < -0.4 is 5.32 Å². The lowest BCUT2D eigenvalue weighted by Crippen LogP contribution is -2.23. The highest BCUT2D eigenvalue weighted by molar-refractivity contribution is 7.91. The van der Waals surface area contributed by atoms with Crippen molar-refractivity contribution >= 4 is 21.3 Å². The summed E-state index contributed by atoms with van der Waals surface area (Å²) in [7, 11) is -3.23. The number of nitrogens with one attached hydrogen (secondary N) is 2. The molecule has 0 unspecified atom stereocenters. The maximum absolute atomic E-state index is 14.3. The summed E-state index contributed by atoms with van der Waals surface area (Å²) in [5, 5.41) is 6.17. The van der Waals surface area contributed by atoms with Gasteiger partial charge in [0.05, 0.1) is 27.9 Å². The van der Waals surface area contributed by atoms with Crippen LogP contribution in [-0.4, -0.2) is 37.1 Å². The van der Waals surface area contributed by atoms with E-state index in [0.29, 0.717) is 25.7 Å². The Morgan fingerprint density at radius 3 is 2.52 bits per heavy atom. The molecule has 2 N–H and O–H groups in total. The molecule has 0 aromatic carbocycles. The van der Waals surface area contributed by atoms with Gasteiger partial charge >= 0.3 is 6.18 Å². The number of hydrogen-bond donors (Lipinski definition) is 2. The van der Waals surface area contributed by atoms with E-state index < -0.39 is 62.8 Å². The molecule has 1 spiro atoms. The molecule has 13 heteroatoms. The minimum absolute atomic E-state index is 0.0175. The van der Waals surface area contributed by atoms with Gasteiger partial charge in [-0.2, -0.15) is 18.3 Å². The molecule has 2 atom stereocenters. The lowest BCUT2D eigenvalue weighted by atomic mass is 10.1. The van der Waals surface area contributed by atoms with Crippen LogP contribution in [0.3, 0.4) is 0 Å². The van der Waals surface area contributed by atoms with Crippen LogP contribution in [0, 0.1) is 16.1 Å². The van der Waals surface area contributed by atoms with Crippen LogP contribution in [0.25, 0.3) is 0 Å². The van der Waals surface area contributed by atoms with E-state index in [1.54, 1.807) is 0 Å². The van der Waals surface area contributed by atoms with Crippen LogP contribution in [0.4, 0.5) is 27.6 Å². The predicted molar refractivity (Wildman–Crippen MR) is 107 cm³/mol. The van der Waals surface area contributed by atoms with Crippen LogP contribution in [0.15, 0.2) is 23.4 Å². The van der Waals surface area contributed by atoms with Crippen molar-refractivity contribution in [3.8, 4) is 0 Å². The van der Waals surface area contributed by atoms with Gasteiger partial charge in [-0.05, 0) is 37.8 Å². The van der Waals surface area contributed by atoms with E-state index in [-0.39, 0.29) is 16.4 Å². The van der Waals surface area contributed by atoms with Gasteiger partial charge in [0.15, 0.2) is 0 Å². The number of nitrogens with zero attached hydrogens (tertiary/aromatic N) is 3. The van der Waals surface area contributed by atoms with E-state index in [1.165, 1.54) is 12.3 Å². The van der Waals surface area contributed by atoms with Crippen molar-refractivity contribution in [3.05, 3.63) is 35.3 Å². The second-order valence-electron chi connectivity index (χ2n) is 9.08. The molecule has 3 aliphatic carbocycles. The van der Waals surface area contributed by atoms with E-state index in [1.807, 2.05) is 0 Å². The van der Waals surface area contributed by atoms with Gasteiger partial charge in [-0.25, -0.2) is 22.8 Å². The summed E-state index contributed by atoms with van der Waals surface area (Å²) in [6.07, 6.45) is -1.06. The number of alkyl halides is 5. The maximum atomic E-state index is 14.3. The summed E-state index contributed by atoms with van der Waals surface area (Å²) in [6, 6.07) is 2.41. The highest BCUT2D eigenvalue weighted by atomic mass is 32.2. The number of halogens is 5. The van der Waals surface area contributed by atoms with Crippen LogP contribution in [-0.2, 0) is 22.5 Å². The molecule has 1 amide bonds. The van der Waals surface area contributed by atoms with Gasteiger partial charge in [-0.3, -0.25) is 9.48 Å². The number of aromatic nitrogens is 3. The zero-order valence-corrected chi connectivity index (χ0v) is 18.2. The summed E-state index contributed by atoms with van der Waals surface area (Å²) in [5.74, 6) is -5.78. The molecule has 33 heavy (non-hydrogen) atoms. The third kappa shape index (κ3) is 3.60. The van der Waals surface area contributed by atoms with Crippen molar-refractivity contribution < 1.29 is 31.0 Å². The Labute approximate surface area is 185 Å². The summed E-state index contributed by atoms with van der Waals surface area (Å²) in [5.41, 5.74) is -3.51. The van der Waals surface area contributed by atoms with E-state index in [9.17, 15) is 31.0 Å². The average molecular weight is 489 g/mol. The number of anilines is 1. The Morgan fingerprint density at radius 1 is 1.33 bits per heavy atom. The first kappa shape index (κ1) is 22.2. The summed E-state index contributed by atoms with van der Waals surface area (Å²) >= 11 is 0. The summed E-state index contributed by atoms with van der Waals surface area (Å²) in [4.78, 5) is 16.9. The van der Waals surface area contributed by atoms with E-state index in [2.05, 4.69) is 15.4 Å². The van der Waals surface area contributed by atoms with Crippen molar-refractivity contribution in [2.24, 2.45) is 11.3 Å². The number of pyridine rings is 1. The molecular formula is C20H20F5N5O2S. The van der Waals surface area contributed by atoms with E-state index >= 15 is 0 Å². The van der Waals surface area contributed by atoms with Gasteiger partial charge in [0.25, 0.3) is 11.8 Å². The monoisotopic (exact) mass is 489 g/mol. The highest BCUT2D eigenvalue weighted by Gasteiger charge is 2.86. The highest BCUT2D eigenvalue weighted by Crippen LogP contribution is 2.80. The Balaban J connectivity index is 1.54. The van der Waals surface area contributed by atoms with Gasteiger partial charge in [-0.15, -0.1) is 0 Å². The molecule has 178 valence electrons. The Morgan fingerprint density at radius 2 is 2.00 bits per heavy atom. The topological polar surface area (TPSA) is 101 Å². The molecule has 2 aromatic heterocycles. The van der Waals surface area contributed by atoms with Gasteiger partial charge in [0.2, 0.25) is 0 Å². The number of rotatable bonds is 6. The Kier molecular flexibility index (Phi) is 4.54. The van der Waals surface area contributed by atoms with Gasteiger partial charge in [0, 0.05) is 29.5 Å². The van der Waals surface area contributed by atoms with Gasteiger partial charge < -0.3 is 5.32 Å². The van der Waals surface area contributed by atoms with Crippen LogP contribution >= 0.6 is 0 Å². The summed E-state index contributed by atoms with van der Waals surface area (Å²) in [6.45, 7) is -0.483. The molecule has 0 saturated heterocycles. The Bertz CT molecular complexity index is 1260. The molecule has 0 bridgehead atoms. The molecule has 0 aliphatic heterocycles. The fourth-order valence-electron chi connectivity index (χ4n) is 4.53. The smallest absolute Gasteiger partial charge is 0.320 e. The SMILES string of the molecule is C[S@@](=N)(=O)c1cc(NC(=O)c2c(C(F)(F)F)c(C3CC3)nn2C[C@@H]2C(F)(F)C23CC3)ccn1. The van der Waals surface area contributed by atoms with Gasteiger partial charge in [0.1, 0.15) is 16.3 Å². The fraction of sp³-hybridized carbons (Fsp3) is 0.550. The minimum Gasteiger partial charge on any atom is -0.320 e. The normalized spacial score (nSPS) is 24.4. The zero-order valence-electron chi connectivity index (χ0n) is 17.4. The fourth-order valence-corrected chi connectivity index (χ4v) is 5.14. The van der Waals surface area contributed by atoms with Crippen molar-refractivity contribution in [3.63, 3.8) is 0 Å². The average Bonchev–Trinajstić information content (AvgIpc) is 3.62. The number of carbonyl (C=O) groups excluding carboxylic acids is 1. The van der Waals surface area contributed by atoms with Crippen LogP contribution in [0.5, 0.6) is 0 Å². The third-order valence-corrected chi connectivity index (χ3v) is 7.68. The van der Waals surface area contributed by atoms with E-state index in [4.69, 9.17) is 4.78 Å². The zero-order chi connectivity index (χ0) is 24.0. The lowest BCUT2D eigenvalue weighted by molar-refractivity contribution is -0.138. The molecular weight excluding hydrogens is 469 g/mol. The van der Waals surface area contributed by atoms with Crippen LogP contribution in [0.2, 0.25) is 0 Å².